The third-order valence-corrected chi connectivity index (χ3v) is 5.31. The third-order valence-electron chi connectivity index (χ3n) is 4.55. The molecule has 1 atom stereocenters. The number of benzene rings is 1. The second kappa shape index (κ2) is 7.66. The largest absolute Gasteiger partial charge is 0.497 e. The molecule has 1 fully saturated rings. The zero-order chi connectivity index (χ0) is 18.7. The van der Waals surface area contributed by atoms with Crippen molar-refractivity contribution in [2.45, 2.75) is 46.1 Å². The lowest BCUT2D eigenvalue weighted by atomic mass is 9.87. The molecule has 3 rings (SSSR count). The number of carbonyl (C=O) groups is 1. The Balaban J connectivity index is 1.67. The van der Waals surface area contributed by atoms with Gasteiger partial charge in [-0.15, -0.1) is 11.3 Å². The van der Waals surface area contributed by atoms with E-state index < -0.39 is 0 Å². The fourth-order valence-electron chi connectivity index (χ4n) is 3.40. The Hall–Kier alpha value is -2.08. The van der Waals surface area contributed by atoms with Crippen LogP contribution in [0, 0.1) is 5.41 Å². The molecule has 1 saturated heterocycles. The molecule has 0 spiro atoms. The van der Waals surface area contributed by atoms with Crippen LogP contribution in [0.1, 0.15) is 50.5 Å². The van der Waals surface area contributed by atoms with Crippen LogP contribution in [0.5, 0.6) is 5.75 Å². The topological polar surface area (TPSA) is 54.5 Å². The minimum absolute atomic E-state index is 0.0516. The predicted molar refractivity (Wildman–Crippen MR) is 107 cm³/mol. The molecule has 0 saturated carbocycles. The number of amides is 1. The summed E-state index contributed by atoms with van der Waals surface area (Å²) in [7, 11) is 1.65. The number of ether oxygens (including phenoxy) is 1. The lowest BCUT2D eigenvalue weighted by Crippen LogP contribution is -2.37. The van der Waals surface area contributed by atoms with Crippen molar-refractivity contribution in [2.75, 3.05) is 19.0 Å². The quantitative estimate of drug-likeness (QED) is 0.807. The van der Waals surface area contributed by atoms with E-state index in [2.05, 4.69) is 31.1 Å². The first-order chi connectivity index (χ1) is 12.4. The second-order valence-electron chi connectivity index (χ2n) is 7.95. The first-order valence-electron chi connectivity index (χ1n) is 9.03. The van der Waals surface area contributed by atoms with Gasteiger partial charge in [0.05, 0.1) is 7.11 Å². The number of thiazole rings is 1. The number of aromatic nitrogens is 1. The van der Waals surface area contributed by atoms with Crippen molar-refractivity contribution >= 4 is 28.1 Å². The van der Waals surface area contributed by atoms with Crippen LogP contribution < -0.4 is 10.1 Å². The molecule has 5 nitrogen and oxygen atoms in total. The van der Waals surface area contributed by atoms with E-state index >= 15 is 0 Å². The Kier molecular flexibility index (Phi) is 5.51. The molecule has 1 aromatic heterocycles. The summed E-state index contributed by atoms with van der Waals surface area (Å²) in [6.07, 6.45) is 3.19. The summed E-state index contributed by atoms with van der Waals surface area (Å²) >= 11 is 1.45. The predicted octanol–water partition coefficient (Wildman–Crippen LogP) is 4.94. The van der Waals surface area contributed by atoms with Crippen LogP contribution in [0.25, 0.3) is 0 Å². The lowest BCUT2D eigenvalue weighted by Gasteiger charge is -2.30. The molecule has 6 heteroatoms. The number of hydrogen-bond acceptors (Lipinski definition) is 5. The molecule has 0 radical (unpaired) electrons. The highest BCUT2D eigenvalue weighted by Gasteiger charge is 2.33. The maximum Gasteiger partial charge on any atom is 0.273 e. The molecule has 0 bridgehead atoms. The summed E-state index contributed by atoms with van der Waals surface area (Å²) < 4.78 is 5.17. The van der Waals surface area contributed by atoms with Gasteiger partial charge in [-0.2, -0.15) is 0 Å². The molecule has 1 N–H and O–H groups in total. The number of likely N-dealkylation sites (tertiary alicyclic amines) is 1. The standard InChI is InChI=1S/C20H27N3O2S/c1-20(2,3)12-15-6-5-11-23(15)18(24)17-13-26-19(22-17)21-14-7-9-16(25-4)10-8-14/h7-10,13,15H,5-6,11-12H2,1-4H3,(H,21,22). The summed E-state index contributed by atoms with van der Waals surface area (Å²) in [5.41, 5.74) is 1.68. The normalized spacial score (nSPS) is 17.4. The Bertz CT molecular complexity index is 749. The molecule has 2 heterocycles. The average Bonchev–Trinajstić information content (AvgIpc) is 3.23. The van der Waals surface area contributed by atoms with E-state index in [0.29, 0.717) is 11.7 Å². The Morgan fingerprint density at radius 2 is 2.08 bits per heavy atom. The molecule has 140 valence electrons. The van der Waals surface area contributed by atoms with Crippen molar-refractivity contribution in [1.82, 2.24) is 9.88 Å². The zero-order valence-electron chi connectivity index (χ0n) is 15.9. The van der Waals surface area contributed by atoms with Gasteiger partial charge in [0.1, 0.15) is 11.4 Å². The van der Waals surface area contributed by atoms with E-state index in [9.17, 15) is 4.79 Å². The van der Waals surface area contributed by atoms with Gasteiger partial charge in [0.2, 0.25) is 0 Å². The van der Waals surface area contributed by atoms with E-state index in [4.69, 9.17) is 4.74 Å². The molecule has 1 aromatic carbocycles. The van der Waals surface area contributed by atoms with Crippen LogP contribution in [0.15, 0.2) is 29.6 Å². The number of hydrogen-bond donors (Lipinski definition) is 1. The molecule has 1 aliphatic rings. The van der Waals surface area contributed by atoms with Gasteiger partial charge in [-0.3, -0.25) is 4.79 Å². The minimum Gasteiger partial charge on any atom is -0.497 e. The van der Waals surface area contributed by atoms with Crippen molar-refractivity contribution < 1.29 is 9.53 Å². The summed E-state index contributed by atoms with van der Waals surface area (Å²) in [4.78, 5) is 19.4. The van der Waals surface area contributed by atoms with E-state index in [0.717, 1.165) is 42.4 Å². The van der Waals surface area contributed by atoms with Gasteiger partial charge in [-0.05, 0) is 48.9 Å². The number of rotatable bonds is 5. The van der Waals surface area contributed by atoms with Crippen molar-refractivity contribution in [1.29, 1.82) is 0 Å². The fourth-order valence-corrected chi connectivity index (χ4v) is 4.10. The first kappa shape index (κ1) is 18.7. The lowest BCUT2D eigenvalue weighted by molar-refractivity contribution is 0.0699. The number of carbonyl (C=O) groups excluding carboxylic acids is 1. The van der Waals surface area contributed by atoms with Crippen LogP contribution in [0.4, 0.5) is 10.8 Å². The SMILES string of the molecule is COc1ccc(Nc2nc(C(=O)N3CCCC3CC(C)(C)C)cs2)cc1. The monoisotopic (exact) mass is 373 g/mol. The average molecular weight is 374 g/mol. The summed E-state index contributed by atoms with van der Waals surface area (Å²) in [6, 6.07) is 7.97. The van der Waals surface area contributed by atoms with Crippen LogP contribution in [0.2, 0.25) is 0 Å². The van der Waals surface area contributed by atoms with Crippen molar-refractivity contribution in [3.8, 4) is 5.75 Å². The second-order valence-corrected chi connectivity index (χ2v) is 8.81. The van der Waals surface area contributed by atoms with Gasteiger partial charge in [0.25, 0.3) is 5.91 Å². The number of nitrogens with zero attached hydrogens (tertiary/aromatic N) is 2. The molecule has 26 heavy (non-hydrogen) atoms. The molecular weight excluding hydrogens is 346 g/mol. The first-order valence-corrected chi connectivity index (χ1v) is 9.91. The van der Waals surface area contributed by atoms with Crippen LogP contribution in [-0.2, 0) is 0 Å². The summed E-state index contributed by atoms with van der Waals surface area (Å²) in [6.45, 7) is 7.52. The van der Waals surface area contributed by atoms with Crippen LogP contribution >= 0.6 is 11.3 Å². The molecule has 1 unspecified atom stereocenters. The van der Waals surface area contributed by atoms with Gasteiger partial charge in [-0.1, -0.05) is 20.8 Å². The Morgan fingerprint density at radius 3 is 2.73 bits per heavy atom. The highest BCUT2D eigenvalue weighted by molar-refractivity contribution is 7.14. The Morgan fingerprint density at radius 1 is 1.35 bits per heavy atom. The summed E-state index contributed by atoms with van der Waals surface area (Å²) in [5, 5.41) is 5.83. The Labute approximate surface area is 159 Å². The van der Waals surface area contributed by atoms with E-state index in [-0.39, 0.29) is 11.3 Å². The molecule has 1 aliphatic heterocycles. The van der Waals surface area contributed by atoms with Crippen molar-refractivity contribution in [3.63, 3.8) is 0 Å². The van der Waals surface area contributed by atoms with E-state index in [1.807, 2.05) is 34.5 Å². The van der Waals surface area contributed by atoms with Gasteiger partial charge < -0.3 is 15.0 Å². The van der Waals surface area contributed by atoms with Gasteiger partial charge >= 0.3 is 0 Å². The van der Waals surface area contributed by atoms with Crippen molar-refractivity contribution in [2.24, 2.45) is 5.41 Å². The molecule has 1 amide bonds. The zero-order valence-corrected chi connectivity index (χ0v) is 16.7. The van der Waals surface area contributed by atoms with Gasteiger partial charge in [0, 0.05) is 23.7 Å². The highest BCUT2D eigenvalue weighted by Crippen LogP contribution is 2.31. The molecule has 0 aliphatic carbocycles. The minimum atomic E-state index is 0.0516. The van der Waals surface area contributed by atoms with E-state index in [1.165, 1.54) is 11.3 Å². The third kappa shape index (κ3) is 4.55. The fraction of sp³-hybridized carbons (Fsp3) is 0.500. The maximum atomic E-state index is 12.9. The van der Waals surface area contributed by atoms with Gasteiger partial charge in [-0.25, -0.2) is 4.98 Å². The van der Waals surface area contributed by atoms with Gasteiger partial charge in [0.15, 0.2) is 5.13 Å². The van der Waals surface area contributed by atoms with Crippen LogP contribution in [0.3, 0.4) is 0 Å². The van der Waals surface area contributed by atoms with E-state index in [1.54, 1.807) is 7.11 Å². The molecular formula is C20H27N3O2S. The maximum absolute atomic E-state index is 12.9. The number of nitrogens with one attached hydrogen (secondary N) is 1. The number of anilines is 2. The van der Waals surface area contributed by atoms with Crippen molar-refractivity contribution in [3.05, 3.63) is 35.3 Å². The smallest absolute Gasteiger partial charge is 0.273 e. The highest BCUT2D eigenvalue weighted by atomic mass is 32.1. The molecule has 2 aromatic rings. The van der Waals surface area contributed by atoms with Crippen LogP contribution in [-0.4, -0.2) is 35.5 Å². The summed E-state index contributed by atoms with van der Waals surface area (Å²) in [5.74, 6) is 0.861. The number of methoxy groups -OCH3 is 1.